The second kappa shape index (κ2) is 14.5. The highest BCUT2D eigenvalue weighted by atomic mass is 35.5. The lowest BCUT2D eigenvalue weighted by atomic mass is 9.82. The van der Waals surface area contributed by atoms with Crippen molar-refractivity contribution in [3.8, 4) is 0 Å². The van der Waals surface area contributed by atoms with Crippen LogP contribution in [0, 0.1) is 17.8 Å². The summed E-state index contributed by atoms with van der Waals surface area (Å²) in [7, 11) is 0. The van der Waals surface area contributed by atoms with Gasteiger partial charge in [-0.15, -0.1) is 24.2 Å². The maximum absolute atomic E-state index is 13.8. The van der Waals surface area contributed by atoms with Crippen LogP contribution in [-0.4, -0.2) is 65.4 Å². The summed E-state index contributed by atoms with van der Waals surface area (Å²) in [6, 6.07) is 16.3. The molecule has 2 amide bonds. The molecule has 2 aliphatic rings. The minimum atomic E-state index is -1.15. The topological polar surface area (TPSA) is 130 Å². The minimum Gasteiger partial charge on any atom is -0.480 e. The molecule has 9 nitrogen and oxygen atoms in total. The number of hydrogen-bond donors (Lipinski definition) is 2. The molecule has 11 heteroatoms. The lowest BCUT2D eigenvalue weighted by Gasteiger charge is -2.34. The van der Waals surface area contributed by atoms with Gasteiger partial charge < -0.3 is 20.5 Å². The van der Waals surface area contributed by atoms with Gasteiger partial charge in [-0.1, -0.05) is 30.3 Å². The normalized spacial score (nSPS) is 20.1. The number of likely N-dealkylation sites (tertiary alicyclic amines) is 1. The molecule has 2 aliphatic heterocycles. The van der Waals surface area contributed by atoms with Crippen LogP contribution in [0.5, 0.6) is 0 Å². The summed E-state index contributed by atoms with van der Waals surface area (Å²) >= 11 is 1.27. The number of benzene rings is 2. The first kappa shape index (κ1) is 31.4. The molecular formula is C29H36ClN3O6S. The Morgan fingerprint density at radius 1 is 1.07 bits per heavy atom. The average molecular weight is 590 g/mol. The monoisotopic (exact) mass is 589 g/mol. The Hall–Kier alpha value is -3.08. The van der Waals surface area contributed by atoms with E-state index in [1.807, 2.05) is 35.2 Å². The van der Waals surface area contributed by atoms with Gasteiger partial charge in [-0.05, 0) is 62.8 Å². The zero-order chi connectivity index (χ0) is 27.9. The van der Waals surface area contributed by atoms with Crippen molar-refractivity contribution in [3.63, 3.8) is 0 Å². The van der Waals surface area contributed by atoms with Crippen LogP contribution in [0.25, 0.3) is 0 Å². The van der Waals surface area contributed by atoms with Gasteiger partial charge >= 0.3 is 11.9 Å². The molecule has 1 unspecified atom stereocenters. The van der Waals surface area contributed by atoms with Gasteiger partial charge in [0.15, 0.2) is 0 Å². The Morgan fingerprint density at radius 3 is 2.38 bits per heavy atom. The zero-order valence-electron chi connectivity index (χ0n) is 22.4. The van der Waals surface area contributed by atoms with Gasteiger partial charge in [0, 0.05) is 23.5 Å². The maximum atomic E-state index is 13.8. The second-order valence-corrected chi connectivity index (χ2v) is 11.2. The molecular weight excluding hydrogens is 554 g/mol. The van der Waals surface area contributed by atoms with Crippen LogP contribution < -0.4 is 10.6 Å². The van der Waals surface area contributed by atoms with Gasteiger partial charge in [0.05, 0.1) is 29.5 Å². The van der Waals surface area contributed by atoms with Crippen LogP contribution in [-0.2, 0) is 19.1 Å². The first-order chi connectivity index (χ1) is 18.8. The Bertz CT molecular complexity index is 1190. The first-order valence-electron chi connectivity index (χ1n) is 13.4. The molecule has 3 N–H and O–H groups in total. The molecule has 0 aliphatic carbocycles. The van der Waals surface area contributed by atoms with Crippen molar-refractivity contribution in [2.75, 3.05) is 31.1 Å². The third kappa shape index (κ3) is 7.35. The summed E-state index contributed by atoms with van der Waals surface area (Å²) in [6.07, 6.45) is 2.65. The zero-order valence-corrected chi connectivity index (χ0v) is 24.1. The van der Waals surface area contributed by atoms with E-state index in [2.05, 4.69) is 0 Å². The smallest absolute Gasteiger partial charge is 0.323 e. The van der Waals surface area contributed by atoms with Gasteiger partial charge in [-0.2, -0.15) is 0 Å². The fourth-order valence-corrected chi connectivity index (χ4v) is 6.64. The first-order valence-corrected chi connectivity index (χ1v) is 14.2. The number of nitrogens with two attached hydrogens (primary N) is 1. The molecule has 0 saturated carbocycles. The number of fused-ring (bicyclic) bond motifs is 1. The van der Waals surface area contributed by atoms with Gasteiger partial charge in [0.1, 0.15) is 6.54 Å². The van der Waals surface area contributed by atoms with Crippen LogP contribution in [0.15, 0.2) is 59.5 Å². The van der Waals surface area contributed by atoms with Crippen LogP contribution in [0.1, 0.15) is 43.0 Å². The quantitative estimate of drug-likeness (QED) is 0.419. The highest BCUT2D eigenvalue weighted by Crippen LogP contribution is 2.42. The molecule has 0 bridgehead atoms. The van der Waals surface area contributed by atoms with Crippen molar-refractivity contribution in [2.45, 2.75) is 42.9 Å². The van der Waals surface area contributed by atoms with Crippen molar-refractivity contribution in [1.82, 2.24) is 4.90 Å². The van der Waals surface area contributed by atoms with E-state index < -0.39 is 41.6 Å². The van der Waals surface area contributed by atoms with Gasteiger partial charge in [-0.3, -0.25) is 24.1 Å². The van der Waals surface area contributed by atoms with E-state index in [0.29, 0.717) is 42.1 Å². The number of para-hydroxylation sites is 1. The van der Waals surface area contributed by atoms with Crippen LogP contribution in [0.3, 0.4) is 0 Å². The highest BCUT2D eigenvalue weighted by Gasteiger charge is 2.44. The molecule has 0 radical (unpaired) electrons. The lowest BCUT2D eigenvalue weighted by Crippen LogP contribution is -2.49. The van der Waals surface area contributed by atoms with Gasteiger partial charge in [-0.25, -0.2) is 0 Å². The van der Waals surface area contributed by atoms with Crippen molar-refractivity contribution < 1.29 is 29.0 Å². The molecule has 2 heterocycles. The molecule has 1 saturated heterocycles. The largest absolute Gasteiger partial charge is 0.480 e. The number of amides is 2. The number of ether oxygens (including phenoxy) is 1. The average Bonchev–Trinajstić information content (AvgIpc) is 3.03. The van der Waals surface area contributed by atoms with E-state index in [-0.39, 0.29) is 30.8 Å². The van der Waals surface area contributed by atoms with Gasteiger partial charge in [0.2, 0.25) is 5.91 Å². The summed E-state index contributed by atoms with van der Waals surface area (Å²) in [5, 5.41) is 8.79. The number of nitrogens with zero attached hydrogens (tertiary/aromatic N) is 2. The summed E-state index contributed by atoms with van der Waals surface area (Å²) in [5.41, 5.74) is 7.69. The Kier molecular flexibility index (Phi) is 11.4. The van der Waals surface area contributed by atoms with E-state index in [4.69, 9.17) is 10.5 Å². The lowest BCUT2D eigenvalue weighted by molar-refractivity contribution is -0.153. The van der Waals surface area contributed by atoms with E-state index in [1.165, 1.54) is 16.7 Å². The van der Waals surface area contributed by atoms with E-state index >= 15 is 0 Å². The number of carboxylic acids is 1. The number of piperidine rings is 1. The van der Waals surface area contributed by atoms with E-state index in [9.17, 15) is 24.3 Å². The summed E-state index contributed by atoms with van der Waals surface area (Å²) in [5.74, 6) is -3.59. The van der Waals surface area contributed by atoms with Crippen molar-refractivity contribution >= 4 is 53.6 Å². The number of thioether (sulfide) groups is 1. The number of anilines is 1. The van der Waals surface area contributed by atoms with Crippen LogP contribution >= 0.6 is 24.2 Å². The summed E-state index contributed by atoms with van der Waals surface area (Å²) < 4.78 is 5.38. The molecule has 0 spiro atoms. The van der Waals surface area contributed by atoms with Crippen molar-refractivity contribution in [1.29, 1.82) is 0 Å². The number of aliphatic carboxylic acids is 1. The SMILES string of the molecule is CCOC(=O)[C@@H](CCC1CCN(C(=O)c2ccccc2)CC1)[C@@H]1C(=O)N(CC(=O)O)c2ccccc2SC1N.Cl. The van der Waals surface area contributed by atoms with Crippen LogP contribution in [0.4, 0.5) is 5.69 Å². The van der Waals surface area contributed by atoms with Crippen molar-refractivity contribution in [2.24, 2.45) is 23.5 Å². The van der Waals surface area contributed by atoms with Crippen molar-refractivity contribution in [3.05, 3.63) is 60.2 Å². The van der Waals surface area contributed by atoms with E-state index in [1.54, 1.807) is 31.2 Å². The molecule has 216 valence electrons. The summed E-state index contributed by atoms with van der Waals surface area (Å²) in [4.78, 5) is 55.3. The number of halogens is 1. The van der Waals surface area contributed by atoms with Gasteiger partial charge in [0.25, 0.3) is 5.91 Å². The number of esters is 1. The number of carbonyl (C=O) groups is 4. The maximum Gasteiger partial charge on any atom is 0.323 e. The second-order valence-electron chi connectivity index (χ2n) is 9.93. The predicted molar refractivity (Wildman–Crippen MR) is 155 cm³/mol. The molecule has 40 heavy (non-hydrogen) atoms. The Morgan fingerprint density at radius 2 is 1.73 bits per heavy atom. The molecule has 3 atom stereocenters. The Balaban J connectivity index is 0.00000441. The number of rotatable bonds is 9. The molecule has 1 fully saturated rings. The third-order valence-corrected chi connectivity index (χ3v) is 8.61. The van der Waals surface area contributed by atoms with Crippen LogP contribution in [0.2, 0.25) is 0 Å². The highest BCUT2D eigenvalue weighted by molar-refractivity contribution is 8.00. The molecule has 4 rings (SSSR count). The number of carbonyl (C=O) groups excluding carboxylic acids is 3. The Labute approximate surface area is 244 Å². The molecule has 2 aromatic carbocycles. The predicted octanol–water partition coefficient (Wildman–Crippen LogP) is 4.04. The third-order valence-electron chi connectivity index (χ3n) is 7.45. The fraction of sp³-hybridized carbons (Fsp3) is 0.448. The molecule has 2 aromatic rings. The van der Waals surface area contributed by atoms with E-state index in [0.717, 1.165) is 12.8 Å². The minimum absolute atomic E-state index is 0. The number of hydrogen-bond acceptors (Lipinski definition) is 7. The number of carboxylic acid groups (broad SMARTS) is 1. The summed E-state index contributed by atoms with van der Waals surface area (Å²) in [6.45, 7) is 2.61. The standard InChI is InChI=1S/C29H35N3O6S.ClH/c1-2-38-29(37)21(13-12-19-14-16-31(17-15-19)27(35)20-8-4-3-5-9-20)25-26(30)39-23-11-7-6-10-22(23)32(28(25)36)18-24(33)34;/h3-11,19,21,25-26H,2,12-18,30H2,1H3,(H,33,34);1H/t21-,25-,26?;/m0./s1. The fourth-order valence-electron chi connectivity index (χ4n) is 5.43. The molecule has 0 aromatic heterocycles.